The summed E-state index contributed by atoms with van der Waals surface area (Å²) in [6.45, 7) is 4.16. The molecule has 4 N–H and O–H groups in total. The fourth-order valence-corrected chi connectivity index (χ4v) is 2.32. The average molecular weight is 336 g/mol. The highest BCUT2D eigenvalue weighted by Crippen LogP contribution is 2.27. The maximum Gasteiger partial charge on any atom is 0.148 e. The SMILES string of the molecule is CCCc1c(NN)ncnc1Nc1ccc(C)c(Br)c1. The molecule has 6 heteroatoms. The van der Waals surface area contributed by atoms with Gasteiger partial charge in [0.2, 0.25) is 0 Å². The normalized spacial score (nSPS) is 10.4. The Balaban J connectivity index is 2.34. The van der Waals surface area contributed by atoms with Gasteiger partial charge in [0, 0.05) is 15.7 Å². The summed E-state index contributed by atoms with van der Waals surface area (Å²) in [6, 6.07) is 6.10. The minimum atomic E-state index is 0.663. The zero-order chi connectivity index (χ0) is 14.5. The number of nitrogen functional groups attached to an aromatic ring is 1. The number of hydrogen-bond acceptors (Lipinski definition) is 5. The van der Waals surface area contributed by atoms with E-state index >= 15 is 0 Å². The van der Waals surface area contributed by atoms with E-state index in [1.165, 1.54) is 11.9 Å². The van der Waals surface area contributed by atoms with Crippen molar-refractivity contribution in [2.24, 2.45) is 5.84 Å². The number of benzene rings is 1. The van der Waals surface area contributed by atoms with Gasteiger partial charge >= 0.3 is 0 Å². The van der Waals surface area contributed by atoms with Crippen LogP contribution in [0.5, 0.6) is 0 Å². The van der Waals surface area contributed by atoms with E-state index in [4.69, 9.17) is 5.84 Å². The lowest BCUT2D eigenvalue weighted by Gasteiger charge is -2.14. The molecule has 1 aromatic carbocycles. The number of aryl methyl sites for hydroxylation is 1. The zero-order valence-electron chi connectivity index (χ0n) is 11.6. The molecular formula is C14H18BrN5. The molecule has 0 fully saturated rings. The summed E-state index contributed by atoms with van der Waals surface area (Å²) in [6.07, 6.45) is 3.35. The number of nitrogens with one attached hydrogen (secondary N) is 2. The topological polar surface area (TPSA) is 75.9 Å². The van der Waals surface area contributed by atoms with Crippen molar-refractivity contribution >= 4 is 33.3 Å². The van der Waals surface area contributed by atoms with Crippen molar-refractivity contribution in [3.8, 4) is 0 Å². The molecule has 0 bridgehead atoms. The van der Waals surface area contributed by atoms with Crippen LogP contribution in [-0.4, -0.2) is 9.97 Å². The van der Waals surface area contributed by atoms with Gasteiger partial charge in [0.1, 0.15) is 18.0 Å². The van der Waals surface area contributed by atoms with Gasteiger partial charge in [-0.25, -0.2) is 15.8 Å². The quantitative estimate of drug-likeness (QED) is 0.575. The number of hydrazine groups is 1. The Morgan fingerprint density at radius 2 is 2.00 bits per heavy atom. The summed E-state index contributed by atoms with van der Waals surface area (Å²) >= 11 is 3.53. The molecule has 20 heavy (non-hydrogen) atoms. The molecule has 1 heterocycles. The van der Waals surface area contributed by atoms with E-state index in [2.05, 4.69) is 56.6 Å². The molecule has 106 valence electrons. The first-order valence-corrected chi connectivity index (χ1v) is 7.28. The minimum absolute atomic E-state index is 0.663. The minimum Gasteiger partial charge on any atom is -0.340 e. The predicted octanol–water partition coefficient (Wildman–Crippen LogP) is 3.53. The van der Waals surface area contributed by atoms with Gasteiger partial charge in [0.15, 0.2) is 0 Å². The molecule has 0 aliphatic heterocycles. The van der Waals surface area contributed by atoms with Gasteiger partial charge in [-0.3, -0.25) is 0 Å². The van der Waals surface area contributed by atoms with Crippen molar-refractivity contribution in [3.63, 3.8) is 0 Å². The molecular weight excluding hydrogens is 318 g/mol. The molecule has 0 spiro atoms. The molecule has 2 rings (SSSR count). The lowest BCUT2D eigenvalue weighted by Crippen LogP contribution is -2.13. The van der Waals surface area contributed by atoms with Gasteiger partial charge in [0.25, 0.3) is 0 Å². The number of halogens is 1. The van der Waals surface area contributed by atoms with E-state index in [9.17, 15) is 0 Å². The van der Waals surface area contributed by atoms with Crippen LogP contribution in [0.25, 0.3) is 0 Å². The smallest absolute Gasteiger partial charge is 0.148 e. The zero-order valence-corrected chi connectivity index (χ0v) is 13.2. The van der Waals surface area contributed by atoms with Crippen LogP contribution in [0, 0.1) is 6.92 Å². The molecule has 0 unspecified atom stereocenters. The summed E-state index contributed by atoms with van der Waals surface area (Å²) in [5.74, 6) is 6.96. The van der Waals surface area contributed by atoms with Gasteiger partial charge in [0.05, 0.1) is 0 Å². The number of nitrogens with two attached hydrogens (primary N) is 1. The van der Waals surface area contributed by atoms with E-state index in [0.29, 0.717) is 5.82 Å². The Labute approximate surface area is 127 Å². The summed E-state index contributed by atoms with van der Waals surface area (Å²) in [5, 5.41) is 3.32. The molecule has 5 nitrogen and oxygen atoms in total. The first-order chi connectivity index (χ1) is 9.65. The van der Waals surface area contributed by atoms with Gasteiger partial charge in [-0.1, -0.05) is 35.3 Å². The van der Waals surface area contributed by atoms with Crippen molar-refractivity contribution in [2.75, 3.05) is 10.7 Å². The number of nitrogens with zero attached hydrogens (tertiary/aromatic N) is 2. The Kier molecular flexibility index (Phi) is 4.92. The largest absolute Gasteiger partial charge is 0.340 e. The summed E-state index contributed by atoms with van der Waals surface area (Å²) in [5.41, 5.74) is 5.79. The Bertz CT molecular complexity index is 600. The third kappa shape index (κ3) is 3.26. The lowest BCUT2D eigenvalue weighted by atomic mass is 10.1. The van der Waals surface area contributed by atoms with Crippen LogP contribution >= 0.6 is 15.9 Å². The third-order valence-electron chi connectivity index (χ3n) is 3.02. The Morgan fingerprint density at radius 3 is 2.65 bits per heavy atom. The van der Waals surface area contributed by atoms with E-state index < -0.39 is 0 Å². The molecule has 0 amide bonds. The predicted molar refractivity (Wildman–Crippen MR) is 86.0 cm³/mol. The number of hydrogen-bond donors (Lipinski definition) is 3. The lowest BCUT2D eigenvalue weighted by molar-refractivity contribution is 0.903. The first-order valence-electron chi connectivity index (χ1n) is 6.49. The van der Waals surface area contributed by atoms with Crippen molar-refractivity contribution in [1.29, 1.82) is 0 Å². The Morgan fingerprint density at radius 1 is 1.25 bits per heavy atom. The highest BCUT2D eigenvalue weighted by molar-refractivity contribution is 9.10. The Hall–Kier alpha value is -1.66. The van der Waals surface area contributed by atoms with Crippen LogP contribution in [0.2, 0.25) is 0 Å². The number of aromatic nitrogens is 2. The average Bonchev–Trinajstić information content (AvgIpc) is 2.45. The fraction of sp³-hybridized carbons (Fsp3) is 0.286. The maximum atomic E-state index is 5.51. The van der Waals surface area contributed by atoms with Crippen LogP contribution in [0.4, 0.5) is 17.3 Å². The van der Waals surface area contributed by atoms with Crippen LogP contribution < -0.4 is 16.6 Å². The second-order valence-corrected chi connectivity index (χ2v) is 5.39. The van der Waals surface area contributed by atoms with Crippen LogP contribution in [0.3, 0.4) is 0 Å². The van der Waals surface area contributed by atoms with E-state index in [1.54, 1.807) is 0 Å². The van der Waals surface area contributed by atoms with Crippen LogP contribution in [0.1, 0.15) is 24.5 Å². The maximum absolute atomic E-state index is 5.51. The van der Waals surface area contributed by atoms with Crippen LogP contribution in [0.15, 0.2) is 29.0 Å². The molecule has 1 aromatic heterocycles. The highest BCUT2D eigenvalue weighted by atomic mass is 79.9. The molecule has 0 aliphatic rings. The monoisotopic (exact) mass is 335 g/mol. The van der Waals surface area contributed by atoms with Crippen molar-refractivity contribution in [3.05, 3.63) is 40.1 Å². The number of rotatable bonds is 5. The van der Waals surface area contributed by atoms with Gasteiger partial charge in [-0.15, -0.1) is 0 Å². The summed E-state index contributed by atoms with van der Waals surface area (Å²) in [7, 11) is 0. The summed E-state index contributed by atoms with van der Waals surface area (Å²) in [4.78, 5) is 8.47. The highest BCUT2D eigenvalue weighted by Gasteiger charge is 2.10. The van der Waals surface area contributed by atoms with E-state index in [-0.39, 0.29) is 0 Å². The fourth-order valence-electron chi connectivity index (χ4n) is 1.94. The molecule has 0 saturated heterocycles. The van der Waals surface area contributed by atoms with Crippen molar-refractivity contribution < 1.29 is 0 Å². The molecule has 0 radical (unpaired) electrons. The number of anilines is 3. The van der Waals surface area contributed by atoms with Gasteiger partial charge in [-0.05, 0) is 31.0 Å². The first kappa shape index (κ1) is 14.7. The summed E-state index contributed by atoms with van der Waals surface area (Å²) < 4.78 is 1.06. The van der Waals surface area contributed by atoms with E-state index in [1.807, 2.05) is 12.1 Å². The molecule has 0 aliphatic carbocycles. The standard InChI is InChI=1S/C14H18BrN5/c1-3-4-11-13(17-8-18-14(11)20-16)19-10-6-5-9(2)12(15)7-10/h5-8H,3-4,16H2,1-2H3,(H2,17,18,19,20). The third-order valence-corrected chi connectivity index (χ3v) is 3.87. The second-order valence-electron chi connectivity index (χ2n) is 4.53. The van der Waals surface area contributed by atoms with Crippen molar-refractivity contribution in [2.45, 2.75) is 26.7 Å². The molecule has 0 atom stereocenters. The molecule has 2 aromatic rings. The molecule has 0 saturated carbocycles. The second kappa shape index (κ2) is 6.67. The van der Waals surface area contributed by atoms with Gasteiger partial charge < -0.3 is 10.7 Å². The van der Waals surface area contributed by atoms with Crippen molar-refractivity contribution in [1.82, 2.24) is 9.97 Å². The van der Waals surface area contributed by atoms with E-state index in [0.717, 1.165) is 34.4 Å². The van der Waals surface area contributed by atoms with Crippen LogP contribution in [-0.2, 0) is 6.42 Å². The van der Waals surface area contributed by atoms with Gasteiger partial charge in [-0.2, -0.15) is 0 Å².